The number of likely N-dealkylation sites (N-methyl/N-ethyl adjacent to an activating group) is 1. The molecule has 2 aliphatic rings. The van der Waals surface area contributed by atoms with Gasteiger partial charge < -0.3 is 38.6 Å². The topological polar surface area (TPSA) is 145 Å². The van der Waals surface area contributed by atoms with Gasteiger partial charge in [-0.1, -0.05) is 48.0 Å². The Bertz CT molecular complexity index is 2530. The zero-order chi connectivity index (χ0) is 43.9. The van der Waals surface area contributed by atoms with Crippen LogP contribution < -0.4 is 23.8 Å². The third-order valence-electron chi connectivity index (χ3n) is 11.8. The smallest absolute Gasteiger partial charge is 0.345 e. The fourth-order valence-corrected chi connectivity index (χ4v) is 8.95. The van der Waals surface area contributed by atoms with Crippen molar-refractivity contribution in [2.24, 2.45) is 0 Å². The first-order chi connectivity index (χ1) is 30.7. The van der Waals surface area contributed by atoms with Crippen molar-refractivity contribution in [3.8, 4) is 45.5 Å². The predicted octanol–water partition coefficient (Wildman–Crippen LogP) is 7.68. The number of carbonyl (C=O) groups is 1. The van der Waals surface area contributed by atoms with Crippen molar-refractivity contribution in [2.75, 3.05) is 78.6 Å². The number of pyridine rings is 1. The molecule has 0 amide bonds. The van der Waals surface area contributed by atoms with Crippen LogP contribution in [0.4, 0.5) is 5.95 Å². The summed E-state index contributed by atoms with van der Waals surface area (Å²) in [5.74, 6) is 1.45. The first-order valence-corrected chi connectivity index (χ1v) is 22.3. The normalized spacial score (nSPS) is 15.7. The fourth-order valence-electron chi connectivity index (χ4n) is 8.03. The molecule has 1 atom stereocenters. The molecule has 2 fully saturated rings. The standard InChI is InChI=1S/C47H52ClN7O7S/c1-30-36(12-13-38(43(30)48)60-25-24-54-22-20-53(2)21-23-54)41-42-40(28-50-44(41)32-9-7-10-35(26-32)59-4)63-52-45(42)62-39(46(56)57)27-31-8-5-6-11-37(31)61-29-33-14-17-49-47(51-33)55-18-15-34(58-3)16-19-55/h5-14,17,26,28,34,39H,15-16,18-25,27,29H2,1-4H3,(H,56,57). The second kappa shape index (κ2) is 20.3. The van der Waals surface area contributed by atoms with Crippen molar-refractivity contribution in [1.29, 1.82) is 0 Å². The van der Waals surface area contributed by atoms with Crippen LogP contribution in [0.5, 0.6) is 23.1 Å². The Morgan fingerprint density at radius 2 is 1.76 bits per heavy atom. The van der Waals surface area contributed by atoms with Crippen molar-refractivity contribution in [3.63, 3.8) is 0 Å². The first-order valence-electron chi connectivity index (χ1n) is 21.1. The molecule has 8 rings (SSSR count). The Balaban J connectivity index is 1.07. The Morgan fingerprint density at radius 1 is 0.952 bits per heavy atom. The average Bonchev–Trinajstić information content (AvgIpc) is 3.73. The fraction of sp³-hybridized carbons (Fsp3) is 0.383. The van der Waals surface area contributed by atoms with E-state index in [1.165, 1.54) is 11.5 Å². The summed E-state index contributed by atoms with van der Waals surface area (Å²) in [6.45, 7) is 9.10. The maximum absolute atomic E-state index is 13.1. The van der Waals surface area contributed by atoms with Gasteiger partial charge in [0.05, 0.1) is 39.7 Å². The highest BCUT2D eigenvalue weighted by molar-refractivity contribution is 7.13. The quantitative estimate of drug-likeness (QED) is 0.0956. The second-order valence-corrected chi connectivity index (χ2v) is 17.0. The van der Waals surface area contributed by atoms with Crippen molar-refractivity contribution in [2.45, 2.75) is 45.0 Å². The number of aliphatic carboxylic acids is 1. The highest BCUT2D eigenvalue weighted by atomic mass is 35.5. The number of fused-ring (bicyclic) bond motifs is 1. The van der Waals surface area contributed by atoms with Crippen molar-refractivity contribution >= 4 is 45.1 Å². The van der Waals surface area contributed by atoms with Crippen molar-refractivity contribution < 1.29 is 33.6 Å². The summed E-state index contributed by atoms with van der Waals surface area (Å²) in [7, 11) is 5.51. The second-order valence-electron chi connectivity index (χ2n) is 15.8. The number of aromatic nitrogens is 4. The van der Waals surface area contributed by atoms with Crippen LogP contribution >= 0.6 is 23.1 Å². The van der Waals surface area contributed by atoms with Crippen LogP contribution in [0.1, 0.15) is 29.7 Å². The molecule has 0 saturated carbocycles. The van der Waals surface area contributed by atoms with E-state index in [0.717, 1.165) is 80.0 Å². The average molecular weight is 894 g/mol. The van der Waals surface area contributed by atoms with E-state index in [1.807, 2.05) is 73.7 Å². The maximum atomic E-state index is 13.1. The number of rotatable bonds is 17. The van der Waals surface area contributed by atoms with Crippen LogP contribution in [-0.4, -0.2) is 126 Å². The van der Waals surface area contributed by atoms with Gasteiger partial charge in [0.25, 0.3) is 0 Å². The summed E-state index contributed by atoms with van der Waals surface area (Å²) in [4.78, 5) is 34.2. The highest BCUT2D eigenvalue weighted by Crippen LogP contribution is 2.46. The maximum Gasteiger partial charge on any atom is 0.345 e. The van der Waals surface area contributed by atoms with Crippen molar-refractivity contribution in [3.05, 3.63) is 101 Å². The lowest BCUT2D eigenvalue weighted by Gasteiger charge is -2.32. The Hall–Kier alpha value is -5.58. The van der Waals surface area contributed by atoms with Gasteiger partial charge in [0.1, 0.15) is 30.5 Å². The summed E-state index contributed by atoms with van der Waals surface area (Å²) in [6.07, 6.45) is 4.23. The van der Waals surface area contributed by atoms with Gasteiger partial charge in [0, 0.05) is 82.9 Å². The lowest BCUT2D eigenvalue weighted by atomic mass is 9.93. The molecule has 1 unspecified atom stereocenters. The number of hydrogen-bond donors (Lipinski definition) is 1. The van der Waals surface area contributed by atoms with Crippen LogP contribution in [0.3, 0.4) is 0 Å². The molecular weight excluding hydrogens is 842 g/mol. The molecular formula is C47H52ClN7O7S. The number of benzene rings is 3. The van der Waals surface area contributed by atoms with E-state index >= 15 is 0 Å². The van der Waals surface area contributed by atoms with Gasteiger partial charge in [-0.3, -0.25) is 9.88 Å². The number of carboxylic acids is 1. The van der Waals surface area contributed by atoms with Crippen LogP contribution in [0.15, 0.2) is 79.1 Å². The van der Waals surface area contributed by atoms with Crippen molar-refractivity contribution in [1.82, 2.24) is 29.1 Å². The lowest BCUT2D eigenvalue weighted by molar-refractivity contribution is -0.145. The highest BCUT2D eigenvalue weighted by Gasteiger charge is 2.28. The predicted molar refractivity (Wildman–Crippen MR) is 245 cm³/mol. The van der Waals surface area contributed by atoms with Gasteiger partial charge in [-0.05, 0) is 85.4 Å². The van der Waals surface area contributed by atoms with E-state index in [-0.39, 0.29) is 25.0 Å². The van der Waals surface area contributed by atoms with Crippen LogP contribution in [-0.2, 0) is 22.6 Å². The number of para-hydroxylation sites is 1. The van der Waals surface area contributed by atoms with E-state index in [9.17, 15) is 9.90 Å². The number of methoxy groups -OCH3 is 2. The van der Waals surface area contributed by atoms with Crippen LogP contribution in [0.2, 0.25) is 5.02 Å². The molecule has 0 aliphatic carbocycles. The number of halogens is 1. The number of anilines is 1. The zero-order valence-electron chi connectivity index (χ0n) is 36.0. The number of piperidine rings is 1. The summed E-state index contributed by atoms with van der Waals surface area (Å²) in [5, 5.41) is 11.8. The van der Waals surface area contributed by atoms with Gasteiger partial charge in [0.15, 0.2) is 0 Å². The molecule has 330 valence electrons. The number of carboxylic acid groups (broad SMARTS) is 1. The number of ether oxygens (including phenoxy) is 5. The molecule has 3 aromatic carbocycles. The van der Waals surface area contributed by atoms with Gasteiger partial charge in [-0.2, -0.15) is 4.37 Å². The minimum Gasteiger partial charge on any atom is -0.497 e. The molecule has 14 nitrogen and oxygen atoms in total. The summed E-state index contributed by atoms with van der Waals surface area (Å²) >= 11 is 8.30. The monoisotopic (exact) mass is 893 g/mol. The number of hydrogen-bond acceptors (Lipinski definition) is 14. The number of nitrogens with zero attached hydrogens (tertiary/aromatic N) is 7. The minimum atomic E-state index is -1.32. The van der Waals surface area contributed by atoms with Crippen LogP contribution in [0, 0.1) is 6.92 Å². The Morgan fingerprint density at radius 3 is 2.54 bits per heavy atom. The van der Waals surface area contributed by atoms with Gasteiger partial charge >= 0.3 is 5.97 Å². The first kappa shape index (κ1) is 44.0. The Labute approximate surface area is 376 Å². The molecule has 2 aliphatic heterocycles. The molecule has 2 saturated heterocycles. The lowest BCUT2D eigenvalue weighted by Crippen LogP contribution is -2.45. The molecule has 63 heavy (non-hydrogen) atoms. The third-order valence-corrected chi connectivity index (χ3v) is 13.0. The molecule has 5 heterocycles. The molecule has 16 heteroatoms. The molecule has 0 spiro atoms. The van der Waals surface area contributed by atoms with E-state index in [0.29, 0.717) is 62.7 Å². The summed E-state index contributed by atoms with van der Waals surface area (Å²) in [5.41, 5.74) is 5.04. The molecule has 6 aromatic rings. The van der Waals surface area contributed by atoms with Gasteiger partial charge in [-0.25, -0.2) is 14.8 Å². The largest absolute Gasteiger partial charge is 0.497 e. The van der Waals surface area contributed by atoms with Crippen LogP contribution in [0.25, 0.3) is 32.5 Å². The molecule has 0 radical (unpaired) electrons. The third kappa shape index (κ3) is 10.3. The van der Waals surface area contributed by atoms with Gasteiger partial charge in [-0.15, -0.1) is 0 Å². The zero-order valence-corrected chi connectivity index (χ0v) is 37.5. The molecule has 0 bridgehead atoms. The molecule has 1 N–H and O–H groups in total. The van der Waals surface area contributed by atoms with E-state index in [2.05, 4.69) is 26.7 Å². The number of piperazine rings is 1. The van der Waals surface area contributed by atoms with E-state index in [1.54, 1.807) is 26.6 Å². The SMILES string of the molecule is COc1cccc(-c2ncc3snc(OC(Cc4ccccc4OCc4ccnc(N5CCC(OC)CC5)n4)C(=O)O)c3c2-c2ccc(OCCN3CCN(C)CC3)c(Cl)c2C)c1. The summed E-state index contributed by atoms with van der Waals surface area (Å²) < 4.78 is 35.5. The molecule has 3 aromatic heterocycles. The Kier molecular flexibility index (Phi) is 14.2. The minimum absolute atomic E-state index is 0.00216. The van der Waals surface area contributed by atoms with Gasteiger partial charge in [0.2, 0.25) is 17.9 Å². The van der Waals surface area contributed by atoms with E-state index < -0.39 is 12.1 Å². The van der Waals surface area contributed by atoms with E-state index in [4.69, 9.17) is 49.6 Å². The summed E-state index contributed by atoms with van der Waals surface area (Å²) in [6, 6.07) is 20.7.